The topological polar surface area (TPSA) is 72.3 Å². The molecule has 1 saturated carbocycles. The van der Waals surface area contributed by atoms with Gasteiger partial charge in [0.25, 0.3) is 6.43 Å². The molecule has 5 rings (SSSR count). The Morgan fingerprint density at radius 3 is 2.82 bits per heavy atom. The van der Waals surface area contributed by atoms with Crippen LogP contribution >= 0.6 is 24.0 Å². The van der Waals surface area contributed by atoms with Crippen molar-refractivity contribution in [3.8, 4) is 5.75 Å². The fraction of sp³-hybridized carbons (Fsp3) is 0.571. The minimum absolute atomic E-state index is 0. The summed E-state index contributed by atoms with van der Waals surface area (Å²) in [4.78, 5) is 14.3. The summed E-state index contributed by atoms with van der Waals surface area (Å²) in [6.45, 7) is 1.33. The zero-order valence-corrected chi connectivity index (χ0v) is 19.5. The van der Waals surface area contributed by atoms with E-state index in [2.05, 4.69) is 15.6 Å². The Bertz CT molecular complexity index is 1080. The van der Waals surface area contributed by atoms with Gasteiger partial charge in [-0.05, 0) is 42.9 Å². The number of halogens is 5. The summed E-state index contributed by atoms with van der Waals surface area (Å²) in [5.41, 5.74) is 0.961. The molecule has 2 fully saturated rings. The first-order valence-electron chi connectivity index (χ1n) is 10.6. The molecule has 7 nitrogen and oxygen atoms in total. The highest BCUT2D eigenvalue weighted by Crippen LogP contribution is 2.53. The molecule has 0 radical (unpaired) electrons. The smallest absolute Gasteiger partial charge is 0.282 e. The summed E-state index contributed by atoms with van der Waals surface area (Å²) in [5.74, 6) is -0.640. The second-order valence-corrected chi connectivity index (χ2v) is 9.31. The molecule has 3 heterocycles. The summed E-state index contributed by atoms with van der Waals surface area (Å²) in [6.07, 6.45) is 0.449. The van der Waals surface area contributed by atoms with Crippen LogP contribution in [0.1, 0.15) is 54.2 Å². The summed E-state index contributed by atoms with van der Waals surface area (Å²) in [7, 11) is 1.36. The third kappa shape index (κ3) is 4.40. The van der Waals surface area contributed by atoms with E-state index in [1.807, 2.05) is 4.90 Å². The van der Waals surface area contributed by atoms with Crippen molar-refractivity contribution >= 4 is 29.9 Å². The van der Waals surface area contributed by atoms with Crippen LogP contribution in [0.25, 0.3) is 0 Å². The molecule has 1 saturated heterocycles. The van der Waals surface area contributed by atoms with Crippen molar-refractivity contribution in [2.45, 2.75) is 44.8 Å². The molecule has 12 heteroatoms. The van der Waals surface area contributed by atoms with Crippen molar-refractivity contribution in [2.24, 2.45) is 12.5 Å². The van der Waals surface area contributed by atoms with Gasteiger partial charge in [-0.25, -0.2) is 17.9 Å². The van der Waals surface area contributed by atoms with Crippen LogP contribution in [-0.4, -0.2) is 45.4 Å². The SMILES string of the molecule is Cl.Cn1nnc(COc2c(F)cc(Cl)c3c2C(CN2CC4(CC4)CC2=O)NCC3)c1C(F)F. The van der Waals surface area contributed by atoms with Gasteiger partial charge in [-0.3, -0.25) is 4.79 Å². The largest absolute Gasteiger partial charge is 0.484 e. The van der Waals surface area contributed by atoms with Gasteiger partial charge in [0.2, 0.25) is 5.91 Å². The third-order valence-electron chi connectivity index (χ3n) is 6.71. The molecule has 1 aliphatic carbocycles. The second-order valence-electron chi connectivity index (χ2n) is 8.90. The fourth-order valence-electron chi connectivity index (χ4n) is 4.85. The van der Waals surface area contributed by atoms with Crippen LogP contribution in [0.5, 0.6) is 5.75 Å². The lowest BCUT2D eigenvalue weighted by Gasteiger charge is -2.32. The molecule has 2 aromatic rings. The van der Waals surface area contributed by atoms with E-state index in [-0.39, 0.29) is 58.5 Å². The molecule has 33 heavy (non-hydrogen) atoms. The molecule has 0 bridgehead atoms. The number of hydrogen-bond acceptors (Lipinski definition) is 5. The van der Waals surface area contributed by atoms with Crippen LogP contribution in [0.3, 0.4) is 0 Å². The van der Waals surface area contributed by atoms with Crippen LogP contribution in [-0.2, 0) is 24.9 Å². The Balaban J connectivity index is 0.00000259. The van der Waals surface area contributed by atoms with Gasteiger partial charge in [-0.2, -0.15) is 0 Å². The number of aryl methyl sites for hydroxylation is 1. The van der Waals surface area contributed by atoms with Crippen LogP contribution in [0.4, 0.5) is 13.2 Å². The van der Waals surface area contributed by atoms with E-state index < -0.39 is 12.2 Å². The van der Waals surface area contributed by atoms with E-state index in [9.17, 15) is 18.0 Å². The minimum atomic E-state index is -2.79. The van der Waals surface area contributed by atoms with Crippen LogP contribution in [0.15, 0.2) is 6.07 Å². The summed E-state index contributed by atoms with van der Waals surface area (Å²) < 4.78 is 48.4. The Hall–Kier alpha value is -2.04. The number of aromatic nitrogens is 3. The molecule has 180 valence electrons. The maximum absolute atomic E-state index is 15.0. The van der Waals surface area contributed by atoms with Crippen LogP contribution < -0.4 is 10.1 Å². The number of fused-ring (bicyclic) bond motifs is 1. The van der Waals surface area contributed by atoms with Crippen molar-refractivity contribution in [3.05, 3.63) is 39.4 Å². The first kappa shape index (κ1) is 24.1. The fourth-order valence-corrected chi connectivity index (χ4v) is 5.15. The molecule has 3 aliphatic rings. The zero-order chi connectivity index (χ0) is 22.6. The normalized spacial score (nSPS) is 20.8. The predicted octanol–water partition coefficient (Wildman–Crippen LogP) is 3.75. The highest BCUT2D eigenvalue weighted by atomic mass is 35.5. The van der Waals surface area contributed by atoms with Crippen molar-refractivity contribution in [1.29, 1.82) is 0 Å². The predicted molar refractivity (Wildman–Crippen MR) is 116 cm³/mol. The summed E-state index contributed by atoms with van der Waals surface area (Å²) in [5, 5.41) is 11.0. The lowest BCUT2D eigenvalue weighted by molar-refractivity contribution is -0.128. The maximum atomic E-state index is 15.0. The molecule has 1 atom stereocenters. The van der Waals surface area contributed by atoms with Crippen molar-refractivity contribution in [3.63, 3.8) is 0 Å². The Morgan fingerprint density at radius 1 is 1.39 bits per heavy atom. The number of rotatable bonds is 6. The monoisotopic (exact) mass is 505 g/mol. The standard InChI is InChI=1S/C21H23ClF3N5O2.ClH/c1-29-18(20(24)25)15(27-28-29)9-32-19-13(23)6-12(22)11-2-5-26-14(17(11)19)8-30-10-21(3-4-21)7-16(30)31;/h6,14,20,26H,2-5,7-10H2,1H3;1H. The summed E-state index contributed by atoms with van der Waals surface area (Å²) >= 11 is 6.34. The molecule has 1 aromatic carbocycles. The van der Waals surface area contributed by atoms with E-state index >= 15 is 0 Å². The van der Waals surface area contributed by atoms with E-state index in [0.717, 1.165) is 23.1 Å². The van der Waals surface area contributed by atoms with Crippen molar-refractivity contribution < 1.29 is 22.7 Å². The first-order valence-corrected chi connectivity index (χ1v) is 11.0. The Kier molecular flexibility index (Phi) is 6.54. The average Bonchev–Trinajstić information content (AvgIpc) is 3.26. The number of amides is 1. The highest BCUT2D eigenvalue weighted by molar-refractivity contribution is 6.31. The first-order chi connectivity index (χ1) is 15.3. The minimum Gasteiger partial charge on any atom is -0.484 e. The Morgan fingerprint density at radius 2 is 2.15 bits per heavy atom. The van der Waals surface area contributed by atoms with Gasteiger partial charge in [0, 0.05) is 37.1 Å². The maximum Gasteiger partial charge on any atom is 0.282 e. The molecule has 1 spiro atoms. The number of nitrogens with zero attached hydrogens (tertiary/aromatic N) is 4. The number of ether oxygens (including phenoxy) is 1. The number of alkyl halides is 2. The van der Waals surface area contributed by atoms with E-state index in [0.29, 0.717) is 38.0 Å². The Labute approximate surface area is 200 Å². The average molecular weight is 506 g/mol. The lowest BCUT2D eigenvalue weighted by Crippen LogP contribution is -2.40. The van der Waals surface area contributed by atoms with Gasteiger partial charge < -0.3 is 15.0 Å². The van der Waals surface area contributed by atoms with Crippen LogP contribution in [0, 0.1) is 11.2 Å². The van der Waals surface area contributed by atoms with Gasteiger partial charge in [-0.1, -0.05) is 16.8 Å². The highest BCUT2D eigenvalue weighted by Gasteiger charge is 2.52. The van der Waals surface area contributed by atoms with E-state index in [1.165, 1.54) is 13.1 Å². The van der Waals surface area contributed by atoms with Crippen LogP contribution in [0.2, 0.25) is 5.02 Å². The molecule has 1 N–H and O–H groups in total. The quantitative estimate of drug-likeness (QED) is 0.647. The van der Waals surface area contributed by atoms with Gasteiger partial charge in [0.1, 0.15) is 18.0 Å². The van der Waals surface area contributed by atoms with Gasteiger partial charge >= 0.3 is 0 Å². The molecule has 2 aliphatic heterocycles. The second kappa shape index (κ2) is 8.96. The number of benzene rings is 1. The molecular weight excluding hydrogens is 482 g/mol. The molecule has 1 unspecified atom stereocenters. The summed E-state index contributed by atoms with van der Waals surface area (Å²) in [6, 6.07) is 0.805. The molecular formula is C21H24Cl2F3N5O2. The zero-order valence-electron chi connectivity index (χ0n) is 17.9. The number of carbonyl (C=O) groups excluding carboxylic acids is 1. The molecule has 1 aromatic heterocycles. The number of hydrogen-bond donors (Lipinski definition) is 1. The molecule has 1 amide bonds. The lowest BCUT2D eigenvalue weighted by atomic mass is 9.92. The van der Waals surface area contributed by atoms with Crippen molar-refractivity contribution in [2.75, 3.05) is 19.6 Å². The number of likely N-dealkylation sites (tertiary alicyclic amines) is 1. The van der Waals surface area contributed by atoms with Gasteiger partial charge in [0.05, 0.1) is 6.04 Å². The van der Waals surface area contributed by atoms with E-state index in [1.54, 1.807) is 0 Å². The van der Waals surface area contributed by atoms with Crippen molar-refractivity contribution in [1.82, 2.24) is 25.2 Å². The number of nitrogens with one attached hydrogen (secondary N) is 1. The third-order valence-corrected chi connectivity index (χ3v) is 7.05. The van der Waals surface area contributed by atoms with Gasteiger partial charge in [0.15, 0.2) is 11.6 Å². The number of carbonyl (C=O) groups is 1. The van der Waals surface area contributed by atoms with E-state index in [4.69, 9.17) is 16.3 Å². The van der Waals surface area contributed by atoms with Gasteiger partial charge in [-0.15, -0.1) is 17.5 Å².